The quantitative estimate of drug-likeness (QED) is 0.230. The van der Waals surface area contributed by atoms with Crippen LogP contribution in [0.3, 0.4) is 0 Å². The third-order valence-electron chi connectivity index (χ3n) is 6.84. The second kappa shape index (κ2) is 11.0. The molecule has 5 aromatic rings. The van der Waals surface area contributed by atoms with Gasteiger partial charge in [-0.2, -0.15) is 5.10 Å². The predicted octanol–water partition coefficient (Wildman–Crippen LogP) is 6.37. The Labute approximate surface area is 239 Å². The van der Waals surface area contributed by atoms with E-state index >= 15 is 0 Å². The number of anilines is 1. The molecule has 0 spiro atoms. The predicted molar refractivity (Wildman–Crippen MR) is 161 cm³/mol. The zero-order valence-corrected chi connectivity index (χ0v) is 24.1. The molecule has 9 nitrogen and oxygen atoms in total. The molecule has 5 rings (SSSR count). The van der Waals surface area contributed by atoms with E-state index in [1.807, 2.05) is 56.6 Å². The van der Waals surface area contributed by atoms with E-state index in [2.05, 4.69) is 58.2 Å². The van der Waals surface area contributed by atoms with Gasteiger partial charge in [0.05, 0.1) is 23.1 Å². The number of carbonyl (C=O) groups is 1. The van der Waals surface area contributed by atoms with Crippen LogP contribution in [0.4, 0.5) is 5.82 Å². The van der Waals surface area contributed by atoms with Gasteiger partial charge in [-0.15, -0.1) is 0 Å². The van der Waals surface area contributed by atoms with Gasteiger partial charge in [0.1, 0.15) is 17.9 Å². The first-order valence-electron chi connectivity index (χ1n) is 13.4. The minimum atomic E-state index is -1.01. The maximum absolute atomic E-state index is 12.8. The fraction of sp³-hybridized carbons (Fsp3) is 0.250. The van der Waals surface area contributed by atoms with Gasteiger partial charge in [-0.05, 0) is 66.2 Å². The number of rotatable bonds is 8. The summed E-state index contributed by atoms with van der Waals surface area (Å²) in [6, 6.07) is 19.2. The lowest BCUT2D eigenvalue weighted by Crippen LogP contribution is -2.14. The number of carboxylic acids is 1. The molecule has 0 aliphatic heterocycles. The Bertz CT molecular complexity index is 1720. The van der Waals surface area contributed by atoms with E-state index in [0.717, 1.165) is 23.2 Å². The van der Waals surface area contributed by atoms with Crippen molar-refractivity contribution in [2.24, 2.45) is 0 Å². The van der Waals surface area contributed by atoms with Gasteiger partial charge in [-0.3, -0.25) is 0 Å². The Morgan fingerprint density at radius 2 is 1.73 bits per heavy atom. The van der Waals surface area contributed by atoms with Gasteiger partial charge in [-0.1, -0.05) is 45.0 Å². The number of nitrogens with zero attached hydrogens (tertiary/aromatic N) is 5. The third kappa shape index (κ3) is 5.62. The van der Waals surface area contributed by atoms with Crippen molar-refractivity contribution in [3.8, 4) is 28.6 Å². The monoisotopic (exact) mass is 550 g/mol. The maximum atomic E-state index is 12.8. The van der Waals surface area contributed by atoms with Gasteiger partial charge in [-0.25, -0.2) is 19.4 Å². The fourth-order valence-corrected chi connectivity index (χ4v) is 5.15. The smallest absolute Gasteiger partial charge is 0.337 e. The van der Waals surface area contributed by atoms with Crippen molar-refractivity contribution in [1.29, 1.82) is 0 Å². The maximum Gasteiger partial charge on any atom is 0.337 e. The molecular weight excluding hydrogens is 516 g/mol. The Balaban J connectivity index is 1.65. The van der Waals surface area contributed by atoms with Crippen LogP contribution in [0.2, 0.25) is 0 Å². The van der Waals surface area contributed by atoms with Crippen molar-refractivity contribution >= 4 is 22.6 Å². The lowest BCUT2D eigenvalue weighted by molar-refractivity contribution is 0.0699. The number of carboxylic acid groups (broad SMARTS) is 1. The summed E-state index contributed by atoms with van der Waals surface area (Å²) in [5, 5.41) is 19.5. The van der Waals surface area contributed by atoms with Gasteiger partial charge < -0.3 is 20.1 Å². The van der Waals surface area contributed by atoms with E-state index in [1.165, 1.54) is 11.9 Å². The fourth-order valence-electron chi connectivity index (χ4n) is 5.15. The molecular formula is C32H34N6O3. The van der Waals surface area contributed by atoms with Crippen molar-refractivity contribution in [2.45, 2.75) is 32.7 Å². The molecule has 0 saturated carbocycles. The normalized spacial score (nSPS) is 11.7. The van der Waals surface area contributed by atoms with Gasteiger partial charge in [0.2, 0.25) is 5.88 Å². The number of fused-ring (bicyclic) bond motifs is 1. The Hall–Kier alpha value is -4.76. The van der Waals surface area contributed by atoms with Crippen LogP contribution >= 0.6 is 0 Å². The van der Waals surface area contributed by atoms with Crippen LogP contribution in [0, 0.1) is 0 Å². The van der Waals surface area contributed by atoms with Crippen molar-refractivity contribution in [3.63, 3.8) is 0 Å². The molecule has 0 bridgehead atoms. The summed E-state index contributed by atoms with van der Waals surface area (Å²) < 4.78 is 8.03. The highest BCUT2D eigenvalue weighted by Gasteiger charge is 2.27. The van der Waals surface area contributed by atoms with Crippen molar-refractivity contribution in [1.82, 2.24) is 24.6 Å². The standard InChI is InChI=1S/C32H34N6O3/c1-32(2,3)30-23-11-12-24(25-15-16-36-38(25)21-9-7-20(8-10-21)18-37(5)6)29(31(39)40)22(23)13-14-26(30)41-28-17-27(33-4)34-19-35-28/h7-17,19H,18H2,1-6H3,(H,39,40)(H,33,34,35). The topological polar surface area (TPSA) is 105 Å². The lowest BCUT2D eigenvalue weighted by Gasteiger charge is -2.25. The summed E-state index contributed by atoms with van der Waals surface area (Å²) in [6.45, 7) is 7.07. The Morgan fingerprint density at radius 3 is 2.39 bits per heavy atom. The van der Waals surface area contributed by atoms with Gasteiger partial charge >= 0.3 is 5.97 Å². The zero-order chi connectivity index (χ0) is 29.3. The number of hydrogen-bond acceptors (Lipinski definition) is 7. The van der Waals surface area contributed by atoms with E-state index in [9.17, 15) is 9.90 Å². The average molecular weight is 551 g/mol. The lowest BCUT2D eigenvalue weighted by atomic mass is 9.81. The summed E-state index contributed by atoms with van der Waals surface area (Å²) in [4.78, 5) is 23.4. The molecule has 9 heteroatoms. The highest BCUT2D eigenvalue weighted by molar-refractivity contribution is 6.10. The summed E-state index contributed by atoms with van der Waals surface area (Å²) in [5.41, 5.74) is 4.06. The van der Waals surface area contributed by atoms with Gasteiger partial charge in [0, 0.05) is 30.8 Å². The molecule has 41 heavy (non-hydrogen) atoms. The zero-order valence-electron chi connectivity index (χ0n) is 24.1. The summed E-state index contributed by atoms with van der Waals surface area (Å²) in [7, 11) is 5.84. The van der Waals surface area contributed by atoms with Gasteiger partial charge in [0.25, 0.3) is 0 Å². The van der Waals surface area contributed by atoms with Crippen LogP contribution in [0.5, 0.6) is 11.6 Å². The van der Waals surface area contributed by atoms with Crippen molar-refractivity contribution < 1.29 is 14.6 Å². The molecule has 0 atom stereocenters. The van der Waals surface area contributed by atoms with Crippen LogP contribution in [-0.2, 0) is 12.0 Å². The molecule has 3 aromatic carbocycles. The first-order chi connectivity index (χ1) is 19.6. The highest BCUT2D eigenvalue weighted by atomic mass is 16.5. The first kappa shape index (κ1) is 27.8. The summed E-state index contributed by atoms with van der Waals surface area (Å²) in [5.74, 6) is 0.625. The molecule has 0 radical (unpaired) electrons. The van der Waals surface area contributed by atoms with E-state index in [0.29, 0.717) is 34.1 Å². The number of ether oxygens (including phenoxy) is 1. The second-order valence-corrected chi connectivity index (χ2v) is 11.2. The number of aromatic nitrogens is 4. The molecule has 0 aliphatic rings. The molecule has 2 heterocycles. The van der Waals surface area contributed by atoms with Crippen LogP contribution in [0.1, 0.15) is 42.3 Å². The van der Waals surface area contributed by atoms with Gasteiger partial charge in [0.15, 0.2) is 0 Å². The summed E-state index contributed by atoms with van der Waals surface area (Å²) >= 11 is 0. The van der Waals surface area contributed by atoms with Crippen LogP contribution < -0.4 is 10.1 Å². The molecule has 2 aromatic heterocycles. The second-order valence-electron chi connectivity index (χ2n) is 11.2. The Morgan fingerprint density at radius 1 is 1.00 bits per heavy atom. The summed E-state index contributed by atoms with van der Waals surface area (Å²) in [6.07, 6.45) is 3.13. The number of nitrogens with one attached hydrogen (secondary N) is 1. The minimum Gasteiger partial charge on any atom is -0.478 e. The minimum absolute atomic E-state index is 0.213. The molecule has 0 amide bonds. The van der Waals surface area contributed by atoms with Crippen LogP contribution in [0.25, 0.3) is 27.7 Å². The van der Waals surface area contributed by atoms with Crippen molar-refractivity contribution in [3.05, 3.63) is 89.9 Å². The van der Waals surface area contributed by atoms with E-state index in [-0.39, 0.29) is 11.0 Å². The Kier molecular flexibility index (Phi) is 7.47. The first-order valence-corrected chi connectivity index (χ1v) is 13.4. The number of hydrogen-bond donors (Lipinski definition) is 2. The average Bonchev–Trinajstić information content (AvgIpc) is 3.41. The molecule has 0 unspecified atom stereocenters. The third-order valence-corrected chi connectivity index (χ3v) is 6.84. The van der Waals surface area contributed by atoms with E-state index < -0.39 is 5.97 Å². The van der Waals surface area contributed by atoms with E-state index in [4.69, 9.17) is 4.74 Å². The molecule has 2 N–H and O–H groups in total. The van der Waals surface area contributed by atoms with Crippen LogP contribution in [0.15, 0.2) is 73.2 Å². The van der Waals surface area contributed by atoms with E-state index in [1.54, 1.807) is 24.0 Å². The SMILES string of the molecule is CNc1cc(Oc2ccc3c(C(=O)O)c(-c4ccnn4-c4ccc(CN(C)C)cc4)ccc3c2C(C)(C)C)ncn1. The molecule has 0 saturated heterocycles. The number of aromatic carboxylic acids is 1. The molecule has 210 valence electrons. The highest BCUT2D eigenvalue weighted by Crippen LogP contribution is 2.42. The van der Waals surface area contributed by atoms with Crippen molar-refractivity contribution in [2.75, 3.05) is 26.5 Å². The molecule has 0 aliphatic carbocycles. The van der Waals surface area contributed by atoms with Crippen LogP contribution in [-0.4, -0.2) is 56.9 Å². The largest absolute Gasteiger partial charge is 0.478 e. The number of benzene rings is 3. The molecule has 0 fully saturated rings.